The van der Waals surface area contributed by atoms with E-state index in [1.165, 1.54) is 38.4 Å². The Morgan fingerprint density at radius 3 is 1.96 bits per heavy atom. The molecule has 2 N–H and O–H groups in total. The molecule has 0 bridgehead atoms. The number of amides is 1. The summed E-state index contributed by atoms with van der Waals surface area (Å²) in [6.07, 6.45) is 0. The first kappa shape index (κ1) is 19.8. The number of nitrogens with zero attached hydrogens (tertiary/aromatic N) is 3. The molecule has 0 unspecified atom stereocenters. The van der Waals surface area contributed by atoms with Crippen molar-refractivity contribution in [2.24, 2.45) is 0 Å². The Kier molecular flexibility index (Phi) is 5.62. The highest BCUT2D eigenvalue weighted by Gasteiger charge is 2.18. The van der Waals surface area contributed by atoms with Crippen molar-refractivity contribution in [2.45, 2.75) is 31.2 Å². The van der Waals surface area contributed by atoms with Gasteiger partial charge in [-0.05, 0) is 57.2 Å². The molecule has 0 saturated heterocycles. The van der Waals surface area contributed by atoms with E-state index in [2.05, 4.69) is 20.8 Å². The van der Waals surface area contributed by atoms with E-state index < -0.39 is 15.9 Å². The zero-order valence-electron chi connectivity index (χ0n) is 15.4. The van der Waals surface area contributed by atoms with Crippen molar-refractivity contribution in [1.82, 2.24) is 14.5 Å². The molecule has 140 valence electrons. The second-order valence-electron chi connectivity index (χ2n) is 6.94. The number of nitrogens with one attached hydrogen (secondary N) is 2. The molecule has 2 rings (SSSR count). The molecule has 0 radical (unpaired) electrons. The maximum absolute atomic E-state index is 12.3. The lowest BCUT2D eigenvalue weighted by atomic mass is 10.1. The van der Waals surface area contributed by atoms with Crippen LogP contribution in [0.3, 0.4) is 0 Å². The van der Waals surface area contributed by atoms with E-state index in [4.69, 9.17) is 0 Å². The molecule has 1 aromatic heterocycles. The minimum absolute atomic E-state index is 0.122. The minimum Gasteiger partial charge on any atom is -0.364 e. The smallest absolute Gasteiger partial charge is 0.256 e. The van der Waals surface area contributed by atoms with E-state index in [0.717, 1.165) is 4.31 Å². The average molecular weight is 377 g/mol. The second kappa shape index (κ2) is 7.38. The molecule has 8 nitrogen and oxygen atoms in total. The molecule has 0 aliphatic carbocycles. The van der Waals surface area contributed by atoms with E-state index in [-0.39, 0.29) is 10.4 Å². The van der Waals surface area contributed by atoms with Gasteiger partial charge in [-0.2, -0.15) is 0 Å². The lowest BCUT2D eigenvalue weighted by Gasteiger charge is -2.20. The van der Waals surface area contributed by atoms with Crippen LogP contribution in [-0.4, -0.2) is 48.5 Å². The predicted molar refractivity (Wildman–Crippen MR) is 101 cm³/mol. The van der Waals surface area contributed by atoms with Crippen molar-refractivity contribution in [1.29, 1.82) is 0 Å². The summed E-state index contributed by atoms with van der Waals surface area (Å²) in [6, 6.07) is 9.06. The van der Waals surface area contributed by atoms with Gasteiger partial charge in [0.15, 0.2) is 5.82 Å². The summed E-state index contributed by atoms with van der Waals surface area (Å²) in [6.45, 7) is 6.01. The van der Waals surface area contributed by atoms with Gasteiger partial charge < -0.3 is 10.6 Å². The highest BCUT2D eigenvalue weighted by atomic mass is 32.2. The van der Waals surface area contributed by atoms with Crippen molar-refractivity contribution in [2.75, 3.05) is 24.7 Å². The van der Waals surface area contributed by atoms with Crippen LogP contribution in [0.4, 0.5) is 11.6 Å². The van der Waals surface area contributed by atoms with Crippen molar-refractivity contribution < 1.29 is 13.2 Å². The number of carbonyl (C=O) groups is 1. The Balaban J connectivity index is 2.08. The summed E-state index contributed by atoms with van der Waals surface area (Å²) in [5.74, 6) is 0.512. The SMILES string of the molecule is CN(C)S(=O)(=O)c1ccc(C(=O)Nc2ccc(NC(C)(C)C)nn2)cc1. The lowest BCUT2D eigenvalue weighted by molar-refractivity contribution is 0.102. The van der Waals surface area contributed by atoms with E-state index in [0.29, 0.717) is 17.2 Å². The van der Waals surface area contributed by atoms with Crippen LogP contribution in [0.15, 0.2) is 41.3 Å². The standard InChI is InChI=1S/C17H23N5O3S/c1-17(2,3)19-15-11-10-14(20-21-15)18-16(23)12-6-8-13(9-7-12)26(24,25)22(4)5/h6-11H,1-5H3,(H,19,21)(H,18,20,23). The fraction of sp³-hybridized carbons (Fsp3) is 0.353. The zero-order chi connectivity index (χ0) is 19.5. The van der Waals surface area contributed by atoms with Gasteiger partial charge in [-0.15, -0.1) is 10.2 Å². The van der Waals surface area contributed by atoms with Crippen LogP contribution in [0.2, 0.25) is 0 Å². The molecule has 0 aliphatic rings. The normalized spacial score (nSPS) is 12.1. The van der Waals surface area contributed by atoms with Crippen LogP contribution in [0.1, 0.15) is 31.1 Å². The molecular formula is C17H23N5O3S. The lowest BCUT2D eigenvalue weighted by Crippen LogP contribution is -2.26. The van der Waals surface area contributed by atoms with Crippen molar-refractivity contribution in [3.8, 4) is 0 Å². The van der Waals surface area contributed by atoms with Gasteiger partial charge in [0.1, 0.15) is 5.82 Å². The molecule has 0 spiro atoms. The number of rotatable bonds is 5. The fourth-order valence-corrected chi connectivity index (χ4v) is 2.93. The predicted octanol–water partition coefficient (Wildman–Crippen LogP) is 2.19. The van der Waals surface area contributed by atoms with Crippen LogP contribution in [0.5, 0.6) is 0 Å². The number of hydrogen-bond acceptors (Lipinski definition) is 6. The van der Waals surface area contributed by atoms with Gasteiger partial charge in [0.05, 0.1) is 4.90 Å². The van der Waals surface area contributed by atoms with Crippen LogP contribution in [0, 0.1) is 0 Å². The van der Waals surface area contributed by atoms with Gasteiger partial charge in [0.25, 0.3) is 5.91 Å². The maximum atomic E-state index is 12.3. The molecule has 2 aromatic rings. The van der Waals surface area contributed by atoms with E-state index >= 15 is 0 Å². The third-order valence-corrected chi connectivity index (χ3v) is 5.13. The van der Waals surface area contributed by atoms with Gasteiger partial charge in [-0.1, -0.05) is 0 Å². The third-order valence-electron chi connectivity index (χ3n) is 3.30. The van der Waals surface area contributed by atoms with E-state index in [9.17, 15) is 13.2 Å². The Morgan fingerprint density at radius 1 is 0.962 bits per heavy atom. The summed E-state index contributed by atoms with van der Waals surface area (Å²) >= 11 is 0. The first-order valence-corrected chi connectivity index (χ1v) is 9.39. The maximum Gasteiger partial charge on any atom is 0.256 e. The minimum atomic E-state index is -3.53. The van der Waals surface area contributed by atoms with Crippen molar-refractivity contribution in [3.05, 3.63) is 42.0 Å². The van der Waals surface area contributed by atoms with Gasteiger partial charge in [-0.25, -0.2) is 12.7 Å². The molecule has 26 heavy (non-hydrogen) atoms. The second-order valence-corrected chi connectivity index (χ2v) is 9.10. The number of aromatic nitrogens is 2. The third kappa shape index (κ3) is 4.99. The molecule has 1 aromatic carbocycles. The van der Waals surface area contributed by atoms with Crippen LogP contribution >= 0.6 is 0 Å². The van der Waals surface area contributed by atoms with Gasteiger partial charge in [-0.3, -0.25) is 4.79 Å². The molecule has 0 fully saturated rings. The van der Waals surface area contributed by atoms with Crippen molar-refractivity contribution >= 4 is 27.6 Å². The number of sulfonamides is 1. The van der Waals surface area contributed by atoms with Crippen molar-refractivity contribution in [3.63, 3.8) is 0 Å². The molecule has 0 saturated carbocycles. The molecule has 1 heterocycles. The van der Waals surface area contributed by atoms with Gasteiger partial charge in [0, 0.05) is 25.2 Å². The summed E-state index contributed by atoms with van der Waals surface area (Å²) in [7, 11) is -0.623. The Bertz CT molecular complexity index is 870. The van der Waals surface area contributed by atoms with Gasteiger partial charge >= 0.3 is 0 Å². The monoisotopic (exact) mass is 377 g/mol. The quantitative estimate of drug-likeness (QED) is 0.828. The van der Waals surface area contributed by atoms with E-state index in [1.54, 1.807) is 12.1 Å². The summed E-state index contributed by atoms with van der Waals surface area (Å²) < 4.78 is 25.2. The average Bonchev–Trinajstić information content (AvgIpc) is 2.55. The fourth-order valence-electron chi connectivity index (χ4n) is 2.03. The summed E-state index contributed by atoms with van der Waals surface area (Å²) in [4.78, 5) is 12.4. The largest absolute Gasteiger partial charge is 0.364 e. The number of benzene rings is 1. The Labute approximate surface area is 153 Å². The topological polar surface area (TPSA) is 104 Å². The molecule has 0 atom stereocenters. The molecular weight excluding hydrogens is 354 g/mol. The highest BCUT2D eigenvalue weighted by Crippen LogP contribution is 2.16. The Morgan fingerprint density at radius 2 is 1.50 bits per heavy atom. The van der Waals surface area contributed by atoms with Crippen LogP contribution in [0.25, 0.3) is 0 Å². The van der Waals surface area contributed by atoms with Gasteiger partial charge in [0.2, 0.25) is 10.0 Å². The van der Waals surface area contributed by atoms with Crippen LogP contribution in [-0.2, 0) is 10.0 Å². The first-order chi connectivity index (χ1) is 12.0. The number of hydrogen-bond donors (Lipinski definition) is 2. The van der Waals surface area contributed by atoms with E-state index in [1.807, 2.05) is 20.8 Å². The first-order valence-electron chi connectivity index (χ1n) is 7.95. The molecule has 0 aliphatic heterocycles. The number of carbonyl (C=O) groups excluding carboxylic acids is 1. The highest BCUT2D eigenvalue weighted by molar-refractivity contribution is 7.89. The number of anilines is 2. The molecule has 1 amide bonds. The zero-order valence-corrected chi connectivity index (χ0v) is 16.3. The summed E-state index contributed by atoms with van der Waals surface area (Å²) in [5, 5.41) is 13.8. The van der Waals surface area contributed by atoms with Crippen LogP contribution < -0.4 is 10.6 Å². The molecule has 9 heteroatoms. The summed E-state index contributed by atoms with van der Waals surface area (Å²) in [5.41, 5.74) is 0.176. The Hall–Kier alpha value is -2.52.